The smallest absolute Gasteiger partial charge is 0.234 e. The molecule has 0 spiro atoms. The number of amides is 1. The standard InChI is InChI=1S/C22H23NO/c24-22(23-15-19-13-7-8-14-20(19)16-23)21(17-9-3-1-4-10-17)18-11-5-2-6-12-18/h1-12,19-21H,13-16H2. The first-order chi connectivity index (χ1) is 11.8. The van der Waals surface area contributed by atoms with Crippen molar-refractivity contribution in [2.24, 2.45) is 11.8 Å². The van der Waals surface area contributed by atoms with Gasteiger partial charge in [-0.25, -0.2) is 0 Å². The van der Waals surface area contributed by atoms with Gasteiger partial charge in [0, 0.05) is 13.1 Å². The third-order valence-corrected chi connectivity index (χ3v) is 5.45. The monoisotopic (exact) mass is 317 g/mol. The van der Waals surface area contributed by atoms with Crippen LogP contribution in [0.4, 0.5) is 0 Å². The molecule has 2 aliphatic rings. The lowest BCUT2D eigenvalue weighted by molar-refractivity contribution is -0.131. The molecular weight excluding hydrogens is 294 g/mol. The predicted octanol–water partition coefficient (Wildman–Crippen LogP) is 4.24. The van der Waals surface area contributed by atoms with E-state index in [0.717, 1.165) is 37.1 Å². The maximum atomic E-state index is 13.4. The molecule has 0 bridgehead atoms. The van der Waals surface area contributed by atoms with E-state index in [2.05, 4.69) is 41.3 Å². The summed E-state index contributed by atoms with van der Waals surface area (Å²) in [6.45, 7) is 1.81. The summed E-state index contributed by atoms with van der Waals surface area (Å²) in [6, 6.07) is 20.4. The number of hydrogen-bond acceptors (Lipinski definition) is 1. The molecule has 122 valence electrons. The lowest BCUT2D eigenvalue weighted by Gasteiger charge is -2.24. The van der Waals surface area contributed by atoms with Gasteiger partial charge in [-0.15, -0.1) is 0 Å². The van der Waals surface area contributed by atoms with Crippen LogP contribution in [-0.4, -0.2) is 23.9 Å². The first-order valence-electron chi connectivity index (χ1n) is 8.86. The molecule has 2 unspecified atom stereocenters. The van der Waals surface area contributed by atoms with E-state index in [4.69, 9.17) is 0 Å². The van der Waals surface area contributed by atoms with Crippen LogP contribution in [0, 0.1) is 11.8 Å². The fourth-order valence-electron chi connectivity index (χ4n) is 4.15. The number of nitrogens with zero attached hydrogens (tertiary/aromatic N) is 1. The van der Waals surface area contributed by atoms with E-state index in [1.807, 2.05) is 36.4 Å². The number of fused-ring (bicyclic) bond motifs is 1. The molecule has 24 heavy (non-hydrogen) atoms. The lowest BCUT2D eigenvalue weighted by Crippen LogP contribution is -2.34. The van der Waals surface area contributed by atoms with E-state index >= 15 is 0 Å². The molecule has 1 amide bonds. The van der Waals surface area contributed by atoms with Crippen molar-refractivity contribution in [1.82, 2.24) is 4.90 Å². The molecule has 4 rings (SSSR count). The van der Waals surface area contributed by atoms with Crippen LogP contribution in [0.2, 0.25) is 0 Å². The first-order valence-corrected chi connectivity index (χ1v) is 8.86. The maximum Gasteiger partial charge on any atom is 0.234 e. The van der Waals surface area contributed by atoms with Gasteiger partial charge in [-0.3, -0.25) is 4.79 Å². The molecule has 0 saturated carbocycles. The highest BCUT2D eigenvalue weighted by Crippen LogP contribution is 2.36. The summed E-state index contributed by atoms with van der Waals surface area (Å²) in [7, 11) is 0. The van der Waals surface area contributed by atoms with Crippen LogP contribution in [0.25, 0.3) is 0 Å². The second-order valence-electron chi connectivity index (χ2n) is 6.96. The van der Waals surface area contributed by atoms with E-state index in [9.17, 15) is 4.79 Å². The van der Waals surface area contributed by atoms with Gasteiger partial charge in [0.15, 0.2) is 0 Å². The van der Waals surface area contributed by atoms with Gasteiger partial charge in [0.25, 0.3) is 0 Å². The average molecular weight is 317 g/mol. The van der Waals surface area contributed by atoms with Crippen LogP contribution in [0.5, 0.6) is 0 Å². The lowest BCUT2D eigenvalue weighted by atomic mass is 9.86. The van der Waals surface area contributed by atoms with Crippen molar-refractivity contribution in [3.63, 3.8) is 0 Å². The zero-order chi connectivity index (χ0) is 16.4. The summed E-state index contributed by atoms with van der Waals surface area (Å²) in [5.41, 5.74) is 2.17. The Hall–Kier alpha value is -2.35. The normalized spacial score (nSPS) is 22.6. The van der Waals surface area contributed by atoms with Gasteiger partial charge in [0.1, 0.15) is 0 Å². The molecule has 2 atom stereocenters. The number of allylic oxidation sites excluding steroid dienone is 2. The van der Waals surface area contributed by atoms with Gasteiger partial charge in [0.2, 0.25) is 5.91 Å². The van der Waals surface area contributed by atoms with Gasteiger partial charge in [-0.2, -0.15) is 0 Å². The minimum absolute atomic E-state index is 0.194. The molecule has 2 aromatic carbocycles. The highest BCUT2D eigenvalue weighted by Gasteiger charge is 2.38. The highest BCUT2D eigenvalue weighted by molar-refractivity contribution is 5.87. The van der Waals surface area contributed by atoms with Crippen molar-refractivity contribution >= 4 is 5.91 Å². The molecule has 1 heterocycles. The number of hydrogen-bond donors (Lipinski definition) is 0. The Morgan fingerprint density at radius 2 is 1.25 bits per heavy atom. The Morgan fingerprint density at radius 1 is 0.792 bits per heavy atom. The van der Waals surface area contributed by atoms with Gasteiger partial charge >= 0.3 is 0 Å². The number of rotatable bonds is 3. The van der Waals surface area contributed by atoms with Crippen molar-refractivity contribution in [2.75, 3.05) is 13.1 Å². The Kier molecular flexibility index (Phi) is 4.20. The molecule has 2 heteroatoms. The summed E-state index contributed by atoms with van der Waals surface area (Å²) in [6.07, 6.45) is 6.80. The van der Waals surface area contributed by atoms with Gasteiger partial charge in [-0.05, 0) is 35.8 Å². The molecule has 0 aromatic heterocycles. The van der Waals surface area contributed by atoms with E-state index in [1.165, 1.54) is 0 Å². The average Bonchev–Trinajstić information content (AvgIpc) is 3.08. The van der Waals surface area contributed by atoms with Crippen molar-refractivity contribution in [3.8, 4) is 0 Å². The van der Waals surface area contributed by atoms with Gasteiger partial charge in [-0.1, -0.05) is 72.8 Å². The molecule has 0 radical (unpaired) electrons. The summed E-state index contributed by atoms with van der Waals surface area (Å²) in [5.74, 6) is 1.35. The molecule has 1 fully saturated rings. The van der Waals surface area contributed by atoms with Crippen molar-refractivity contribution in [3.05, 3.63) is 83.9 Å². The second kappa shape index (κ2) is 6.64. The fourth-order valence-corrected chi connectivity index (χ4v) is 4.15. The Labute approximate surface area is 143 Å². The number of benzene rings is 2. The summed E-state index contributed by atoms with van der Waals surface area (Å²) in [4.78, 5) is 15.5. The van der Waals surface area contributed by atoms with Crippen LogP contribution >= 0.6 is 0 Å². The Bertz CT molecular complexity index is 667. The topological polar surface area (TPSA) is 20.3 Å². The van der Waals surface area contributed by atoms with Crippen molar-refractivity contribution < 1.29 is 4.79 Å². The fraction of sp³-hybridized carbons (Fsp3) is 0.318. The molecule has 1 saturated heterocycles. The molecule has 2 nitrogen and oxygen atoms in total. The third kappa shape index (κ3) is 2.89. The minimum atomic E-state index is -0.194. The molecule has 1 aliphatic heterocycles. The predicted molar refractivity (Wildman–Crippen MR) is 96.7 cm³/mol. The number of carbonyl (C=O) groups is 1. The SMILES string of the molecule is O=C(C(c1ccccc1)c1ccccc1)N1CC2CC=CCC2C1. The Balaban J connectivity index is 1.63. The van der Waals surface area contributed by atoms with Crippen LogP contribution in [0.15, 0.2) is 72.8 Å². The first kappa shape index (κ1) is 15.2. The van der Waals surface area contributed by atoms with E-state index in [0.29, 0.717) is 11.8 Å². The van der Waals surface area contributed by atoms with E-state index in [1.54, 1.807) is 0 Å². The van der Waals surface area contributed by atoms with Crippen molar-refractivity contribution in [2.45, 2.75) is 18.8 Å². The van der Waals surface area contributed by atoms with Crippen molar-refractivity contribution in [1.29, 1.82) is 0 Å². The molecule has 0 N–H and O–H groups in total. The molecule has 1 aliphatic carbocycles. The highest BCUT2D eigenvalue weighted by atomic mass is 16.2. The largest absolute Gasteiger partial charge is 0.341 e. The van der Waals surface area contributed by atoms with Gasteiger partial charge < -0.3 is 4.90 Å². The van der Waals surface area contributed by atoms with E-state index in [-0.39, 0.29) is 11.8 Å². The number of carbonyl (C=O) groups excluding carboxylic acids is 1. The summed E-state index contributed by atoms with van der Waals surface area (Å²) >= 11 is 0. The maximum absolute atomic E-state index is 13.4. The molecular formula is C22H23NO. The third-order valence-electron chi connectivity index (χ3n) is 5.45. The van der Waals surface area contributed by atoms with Crippen LogP contribution < -0.4 is 0 Å². The van der Waals surface area contributed by atoms with Crippen LogP contribution in [0.1, 0.15) is 29.9 Å². The second-order valence-corrected chi connectivity index (χ2v) is 6.96. The zero-order valence-electron chi connectivity index (χ0n) is 13.8. The summed E-state index contributed by atoms with van der Waals surface area (Å²) < 4.78 is 0. The van der Waals surface area contributed by atoms with Gasteiger partial charge in [0.05, 0.1) is 5.92 Å². The minimum Gasteiger partial charge on any atom is -0.341 e. The molecule has 2 aromatic rings. The van der Waals surface area contributed by atoms with E-state index < -0.39 is 0 Å². The quantitative estimate of drug-likeness (QED) is 0.775. The Morgan fingerprint density at radius 3 is 1.71 bits per heavy atom. The van der Waals surface area contributed by atoms with Crippen LogP contribution in [0.3, 0.4) is 0 Å². The zero-order valence-corrected chi connectivity index (χ0v) is 13.8. The van der Waals surface area contributed by atoms with Crippen LogP contribution in [-0.2, 0) is 4.79 Å². The summed E-state index contributed by atoms with van der Waals surface area (Å²) in [5, 5.41) is 0. The number of likely N-dealkylation sites (tertiary alicyclic amines) is 1.